The Bertz CT molecular complexity index is 1000. The lowest BCUT2D eigenvalue weighted by atomic mass is 10.2. The molecule has 30 heavy (non-hydrogen) atoms. The molecule has 0 unspecified atom stereocenters. The van der Waals surface area contributed by atoms with Crippen LogP contribution in [0.4, 0.5) is 17.6 Å². The van der Waals surface area contributed by atoms with Gasteiger partial charge in [-0.3, -0.25) is 4.79 Å². The molecule has 0 aromatic heterocycles. The summed E-state index contributed by atoms with van der Waals surface area (Å²) in [6.07, 6.45) is -4.55. The molecule has 0 saturated carbocycles. The number of hydrogen-bond donors (Lipinski definition) is 0. The number of alkyl halides is 3. The molecule has 0 radical (unpaired) electrons. The summed E-state index contributed by atoms with van der Waals surface area (Å²) in [5.74, 6) is -0.635. The summed E-state index contributed by atoms with van der Waals surface area (Å²) in [6.45, 7) is 0.353. The second-order valence-corrected chi connectivity index (χ2v) is 9.48. The maximum absolute atomic E-state index is 13.6. The van der Waals surface area contributed by atoms with Crippen molar-refractivity contribution in [3.63, 3.8) is 0 Å². The highest BCUT2D eigenvalue weighted by Gasteiger charge is 2.33. The van der Waals surface area contributed by atoms with Crippen molar-refractivity contribution in [3.05, 3.63) is 59.9 Å². The Morgan fingerprint density at radius 2 is 1.57 bits per heavy atom. The van der Waals surface area contributed by atoms with Crippen LogP contribution in [0.1, 0.15) is 5.56 Å². The van der Waals surface area contributed by atoms with Crippen LogP contribution in [0, 0.1) is 5.82 Å². The Hall–Kier alpha value is -2.11. The number of carbonyl (C=O) groups is 1. The molecule has 0 aliphatic carbocycles. The largest absolute Gasteiger partial charge is 0.416 e. The third-order valence-corrected chi connectivity index (χ3v) is 7.54. The zero-order valence-electron chi connectivity index (χ0n) is 15.6. The van der Waals surface area contributed by atoms with E-state index >= 15 is 0 Å². The number of thioether (sulfide) groups is 1. The van der Waals surface area contributed by atoms with Gasteiger partial charge in [-0.15, -0.1) is 11.8 Å². The molecule has 0 spiro atoms. The van der Waals surface area contributed by atoms with Crippen molar-refractivity contribution in [1.82, 2.24) is 9.21 Å². The van der Waals surface area contributed by atoms with Crippen molar-refractivity contribution in [2.45, 2.75) is 16.0 Å². The molecule has 1 fully saturated rings. The van der Waals surface area contributed by atoms with E-state index in [0.29, 0.717) is 4.90 Å². The normalized spacial score (nSPS) is 15.9. The Balaban J connectivity index is 1.57. The lowest BCUT2D eigenvalue weighted by Gasteiger charge is -2.34. The highest BCUT2D eigenvalue weighted by Crippen LogP contribution is 2.30. The van der Waals surface area contributed by atoms with Crippen LogP contribution in [0.3, 0.4) is 0 Å². The van der Waals surface area contributed by atoms with Gasteiger partial charge >= 0.3 is 6.18 Å². The van der Waals surface area contributed by atoms with Crippen LogP contribution in [0.5, 0.6) is 0 Å². The average molecular weight is 462 g/mol. The van der Waals surface area contributed by atoms with E-state index in [2.05, 4.69) is 0 Å². The van der Waals surface area contributed by atoms with Crippen LogP contribution in [-0.2, 0) is 21.0 Å². The number of rotatable bonds is 5. The topological polar surface area (TPSA) is 57.7 Å². The molecule has 1 heterocycles. The number of hydrogen-bond acceptors (Lipinski definition) is 4. The molecule has 1 amide bonds. The molecular formula is C19H18F4N2O3S2. The Morgan fingerprint density at radius 3 is 2.13 bits per heavy atom. The average Bonchev–Trinajstić information content (AvgIpc) is 2.72. The van der Waals surface area contributed by atoms with E-state index in [0.717, 1.165) is 40.3 Å². The Morgan fingerprint density at radius 1 is 0.967 bits per heavy atom. The summed E-state index contributed by atoms with van der Waals surface area (Å²) in [5.41, 5.74) is -0.927. The number of amides is 1. The van der Waals surface area contributed by atoms with E-state index in [1.165, 1.54) is 11.0 Å². The van der Waals surface area contributed by atoms with E-state index < -0.39 is 27.6 Å². The van der Waals surface area contributed by atoms with Gasteiger partial charge in [-0.05, 0) is 36.4 Å². The van der Waals surface area contributed by atoms with Crippen molar-refractivity contribution in [1.29, 1.82) is 0 Å². The van der Waals surface area contributed by atoms with Gasteiger partial charge in [0.05, 0.1) is 16.2 Å². The third-order valence-electron chi connectivity index (χ3n) is 4.60. The third kappa shape index (κ3) is 5.13. The molecule has 0 N–H and O–H groups in total. The monoisotopic (exact) mass is 462 g/mol. The van der Waals surface area contributed by atoms with Gasteiger partial charge in [-0.1, -0.05) is 12.1 Å². The maximum Gasteiger partial charge on any atom is 0.416 e. The highest BCUT2D eigenvalue weighted by molar-refractivity contribution is 8.00. The fourth-order valence-corrected chi connectivity index (χ4v) is 5.20. The number of sulfonamides is 1. The van der Waals surface area contributed by atoms with E-state index in [1.54, 1.807) is 18.2 Å². The second-order valence-electron chi connectivity index (χ2n) is 6.53. The molecule has 3 rings (SSSR count). The highest BCUT2D eigenvalue weighted by atomic mass is 32.2. The fraction of sp³-hybridized carbons (Fsp3) is 0.316. The van der Waals surface area contributed by atoms with Crippen molar-refractivity contribution >= 4 is 27.7 Å². The van der Waals surface area contributed by atoms with Gasteiger partial charge in [0.15, 0.2) is 0 Å². The van der Waals surface area contributed by atoms with E-state index in [4.69, 9.17) is 0 Å². The Labute approximate surface area is 175 Å². The number of carbonyl (C=O) groups excluding carboxylic acids is 1. The summed E-state index contributed by atoms with van der Waals surface area (Å²) in [5, 5.41) is 0. The number of piperazine rings is 1. The first-order valence-electron chi connectivity index (χ1n) is 8.91. The molecule has 5 nitrogen and oxygen atoms in total. The minimum Gasteiger partial charge on any atom is -0.339 e. The van der Waals surface area contributed by atoms with Crippen LogP contribution in [0.15, 0.2) is 58.3 Å². The zero-order chi connectivity index (χ0) is 21.9. The standard InChI is InChI=1S/C19H18F4N2O3S2/c20-16-3-1-2-4-17(16)29-13-18(26)24-9-11-25(12-10-24)30(27,28)15-7-5-14(6-8-15)19(21,22)23/h1-8H,9-13H2. The lowest BCUT2D eigenvalue weighted by molar-refractivity contribution is -0.137. The molecule has 0 atom stereocenters. The van der Waals surface area contributed by atoms with Crippen LogP contribution < -0.4 is 0 Å². The maximum atomic E-state index is 13.6. The predicted octanol–water partition coefficient (Wildman–Crippen LogP) is 3.47. The zero-order valence-corrected chi connectivity index (χ0v) is 17.2. The van der Waals surface area contributed by atoms with Crippen LogP contribution >= 0.6 is 11.8 Å². The first kappa shape index (κ1) is 22.6. The first-order chi connectivity index (χ1) is 14.1. The minimum atomic E-state index is -4.55. The molecule has 1 aliphatic heterocycles. The molecule has 2 aromatic carbocycles. The van der Waals surface area contributed by atoms with E-state index in [-0.39, 0.29) is 42.7 Å². The second kappa shape index (κ2) is 8.94. The molecule has 1 aliphatic rings. The molecule has 0 bridgehead atoms. The SMILES string of the molecule is O=C(CSc1ccccc1F)N1CCN(S(=O)(=O)c2ccc(C(F)(F)F)cc2)CC1. The predicted molar refractivity (Wildman–Crippen MR) is 104 cm³/mol. The van der Waals surface area contributed by atoms with Crippen molar-refractivity contribution in [3.8, 4) is 0 Å². The van der Waals surface area contributed by atoms with Gasteiger partial charge in [0, 0.05) is 31.1 Å². The summed E-state index contributed by atoms with van der Waals surface area (Å²) < 4.78 is 78.1. The molecular weight excluding hydrogens is 444 g/mol. The van der Waals surface area contributed by atoms with Crippen molar-refractivity contribution < 1.29 is 30.8 Å². The van der Waals surface area contributed by atoms with Gasteiger partial charge < -0.3 is 4.90 Å². The summed E-state index contributed by atoms with van der Waals surface area (Å²) >= 11 is 1.07. The number of benzene rings is 2. The fourth-order valence-electron chi connectivity index (χ4n) is 2.94. The van der Waals surface area contributed by atoms with Gasteiger partial charge in [-0.2, -0.15) is 17.5 Å². The van der Waals surface area contributed by atoms with Gasteiger partial charge in [0.1, 0.15) is 5.82 Å². The van der Waals surface area contributed by atoms with Gasteiger partial charge in [-0.25, -0.2) is 12.8 Å². The van der Waals surface area contributed by atoms with Gasteiger partial charge in [0.25, 0.3) is 0 Å². The van der Waals surface area contributed by atoms with Crippen LogP contribution in [-0.4, -0.2) is 55.5 Å². The van der Waals surface area contributed by atoms with Crippen LogP contribution in [0.25, 0.3) is 0 Å². The van der Waals surface area contributed by atoms with Crippen LogP contribution in [0.2, 0.25) is 0 Å². The first-order valence-corrected chi connectivity index (χ1v) is 11.3. The summed E-state index contributed by atoms with van der Waals surface area (Å²) in [4.78, 5) is 14.0. The van der Waals surface area contributed by atoms with Gasteiger partial charge in [0.2, 0.25) is 15.9 Å². The minimum absolute atomic E-state index is 0.0204. The molecule has 2 aromatic rings. The van der Waals surface area contributed by atoms with Crippen molar-refractivity contribution in [2.75, 3.05) is 31.9 Å². The number of halogens is 4. The molecule has 162 valence electrons. The molecule has 1 saturated heterocycles. The van der Waals surface area contributed by atoms with Crippen molar-refractivity contribution in [2.24, 2.45) is 0 Å². The van der Waals surface area contributed by atoms with E-state index in [9.17, 15) is 30.8 Å². The lowest BCUT2D eigenvalue weighted by Crippen LogP contribution is -2.50. The summed E-state index contributed by atoms with van der Waals surface area (Å²) in [7, 11) is -3.96. The smallest absolute Gasteiger partial charge is 0.339 e. The molecule has 11 heteroatoms. The quantitative estimate of drug-likeness (QED) is 0.505. The Kier molecular flexibility index (Phi) is 6.73. The summed E-state index contributed by atoms with van der Waals surface area (Å²) in [6, 6.07) is 9.42. The van der Waals surface area contributed by atoms with E-state index in [1.807, 2.05) is 0 Å². The number of nitrogens with zero attached hydrogens (tertiary/aromatic N) is 2.